The highest BCUT2D eigenvalue weighted by molar-refractivity contribution is 9.12. The first-order chi connectivity index (χ1) is 12.7. The minimum Gasteiger partial charge on any atom is -0.494 e. The van der Waals surface area contributed by atoms with Gasteiger partial charge in [-0.2, -0.15) is 0 Å². The molecule has 1 aromatic heterocycles. The summed E-state index contributed by atoms with van der Waals surface area (Å²) in [6.07, 6.45) is 1.77. The predicted octanol–water partition coefficient (Wildman–Crippen LogP) is 5.58. The molecule has 3 aromatic rings. The van der Waals surface area contributed by atoms with Gasteiger partial charge in [0.05, 0.1) is 16.8 Å². The number of thiazole rings is 1. The number of carbonyl (C=O) groups excluding carboxylic acids is 1. The molecule has 0 fully saturated rings. The van der Waals surface area contributed by atoms with Crippen molar-refractivity contribution in [2.24, 2.45) is 0 Å². The molecule has 0 aliphatic rings. The zero-order chi connectivity index (χ0) is 18.4. The van der Waals surface area contributed by atoms with Gasteiger partial charge in [0.25, 0.3) is 5.91 Å². The fourth-order valence-corrected chi connectivity index (χ4v) is 3.35. The van der Waals surface area contributed by atoms with Crippen molar-refractivity contribution in [2.45, 2.75) is 6.92 Å². The van der Waals surface area contributed by atoms with Crippen LogP contribution in [-0.2, 0) is 4.79 Å². The van der Waals surface area contributed by atoms with E-state index >= 15 is 0 Å². The standard InChI is InChI=1S/C20H17BrN2O2S/c1-2-25-16-10-8-15(9-11-16)18-13-26-20(22-18)23-19(24)17(21)12-14-6-4-3-5-7-14/h3-13H,2H2,1H3,(H,22,23,24)/b17-12-. The molecule has 0 saturated heterocycles. The summed E-state index contributed by atoms with van der Waals surface area (Å²) in [5, 5.41) is 5.28. The third kappa shape index (κ3) is 4.80. The van der Waals surface area contributed by atoms with Crippen LogP contribution in [0.5, 0.6) is 5.75 Å². The molecular weight excluding hydrogens is 412 g/mol. The molecule has 0 aliphatic heterocycles. The van der Waals surface area contributed by atoms with E-state index in [2.05, 4.69) is 26.2 Å². The fourth-order valence-electron chi connectivity index (χ4n) is 2.27. The van der Waals surface area contributed by atoms with Crippen LogP contribution in [0.3, 0.4) is 0 Å². The summed E-state index contributed by atoms with van der Waals surface area (Å²) >= 11 is 4.71. The zero-order valence-electron chi connectivity index (χ0n) is 14.1. The van der Waals surface area contributed by atoms with Crippen molar-refractivity contribution < 1.29 is 9.53 Å². The van der Waals surface area contributed by atoms with Crippen LogP contribution in [0.15, 0.2) is 64.5 Å². The van der Waals surface area contributed by atoms with E-state index in [0.29, 0.717) is 16.2 Å². The van der Waals surface area contributed by atoms with Gasteiger partial charge in [0, 0.05) is 10.9 Å². The number of anilines is 1. The third-order valence-corrected chi connectivity index (χ3v) is 4.84. The summed E-state index contributed by atoms with van der Waals surface area (Å²) in [6.45, 7) is 2.59. The Balaban J connectivity index is 1.68. The van der Waals surface area contributed by atoms with E-state index in [1.54, 1.807) is 6.08 Å². The lowest BCUT2D eigenvalue weighted by Crippen LogP contribution is -2.10. The number of aromatic nitrogens is 1. The normalized spacial score (nSPS) is 11.2. The Morgan fingerprint density at radius 2 is 1.92 bits per heavy atom. The van der Waals surface area contributed by atoms with Gasteiger partial charge in [-0.3, -0.25) is 10.1 Å². The second-order valence-corrected chi connectivity index (χ2v) is 7.06. The van der Waals surface area contributed by atoms with Crippen LogP contribution in [0.1, 0.15) is 12.5 Å². The van der Waals surface area contributed by atoms with Crippen LogP contribution in [-0.4, -0.2) is 17.5 Å². The van der Waals surface area contributed by atoms with Gasteiger partial charge in [0.1, 0.15) is 5.75 Å². The van der Waals surface area contributed by atoms with Crippen LogP contribution in [0, 0.1) is 0 Å². The Kier molecular flexibility index (Phi) is 6.20. The van der Waals surface area contributed by atoms with Crippen LogP contribution >= 0.6 is 27.3 Å². The van der Waals surface area contributed by atoms with Crippen LogP contribution in [0.2, 0.25) is 0 Å². The summed E-state index contributed by atoms with van der Waals surface area (Å²) in [5.74, 6) is 0.594. The third-order valence-electron chi connectivity index (χ3n) is 3.50. The Bertz CT molecular complexity index is 905. The molecular formula is C20H17BrN2O2S. The largest absolute Gasteiger partial charge is 0.494 e. The quantitative estimate of drug-likeness (QED) is 0.521. The fraction of sp³-hybridized carbons (Fsp3) is 0.100. The molecule has 1 heterocycles. The van der Waals surface area contributed by atoms with Gasteiger partial charge in [0.15, 0.2) is 5.13 Å². The topological polar surface area (TPSA) is 51.2 Å². The highest BCUT2D eigenvalue weighted by Gasteiger charge is 2.11. The Labute approximate surface area is 164 Å². The lowest BCUT2D eigenvalue weighted by atomic mass is 10.2. The Morgan fingerprint density at radius 3 is 2.62 bits per heavy atom. The van der Waals surface area contributed by atoms with Gasteiger partial charge in [-0.05, 0) is 58.8 Å². The monoisotopic (exact) mass is 428 g/mol. The minimum absolute atomic E-state index is 0.235. The van der Waals surface area contributed by atoms with Gasteiger partial charge in [0.2, 0.25) is 0 Å². The second-order valence-electron chi connectivity index (χ2n) is 5.35. The molecule has 4 nitrogen and oxygen atoms in total. The molecule has 0 saturated carbocycles. The SMILES string of the molecule is CCOc1ccc(-c2csc(NC(=O)/C(Br)=C/c3ccccc3)n2)cc1. The summed E-state index contributed by atoms with van der Waals surface area (Å²) < 4.78 is 5.89. The van der Waals surface area contributed by atoms with E-state index in [4.69, 9.17) is 4.74 Å². The molecule has 2 aromatic carbocycles. The number of amides is 1. The average molecular weight is 429 g/mol. The number of nitrogens with one attached hydrogen (secondary N) is 1. The Hall–Kier alpha value is -2.44. The van der Waals surface area contributed by atoms with E-state index in [1.807, 2.05) is 66.9 Å². The highest BCUT2D eigenvalue weighted by Crippen LogP contribution is 2.27. The van der Waals surface area contributed by atoms with Crippen LogP contribution in [0.4, 0.5) is 5.13 Å². The highest BCUT2D eigenvalue weighted by atomic mass is 79.9. The van der Waals surface area contributed by atoms with Crippen molar-refractivity contribution in [2.75, 3.05) is 11.9 Å². The predicted molar refractivity (Wildman–Crippen MR) is 111 cm³/mol. The van der Waals surface area contributed by atoms with Crippen molar-refractivity contribution in [3.63, 3.8) is 0 Å². The van der Waals surface area contributed by atoms with Gasteiger partial charge in [-0.1, -0.05) is 30.3 Å². The van der Waals surface area contributed by atoms with Gasteiger partial charge in [-0.15, -0.1) is 11.3 Å². The van der Waals surface area contributed by atoms with E-state index in [1.165, 1.54) is 11.3 Å². The number of nitrogens with zero attached hydrogens (tertiary/aromatic N) is 1. The molecule has 1 amide bonds. The van der Waals surface area contributed by atoms with E-state index in [-0.39, 0.29) is 5.91 Å². The van der Waals surface area contributed by atoms with Gasteiger partial charge in [-0.25, -0.2) is 4.98 Å². The molecule has 0 unspecified atom stereocenters. The number of rotatable bonds is 6. The first-order valence-corrected chi connectivity index (χ1v) is 9.75. The number of ether oxygens (including phenoxy) is 1. The molecule has 0 bridgehead atoms. The van der Waals surface area contributed by atoms with Crippen molar-refractivity contribution in [1.82, 2.24) is 4.98 Å². The molecule has 26 heavy (non-hydrogen) atoms. The number of hydrogen-bond acceptors (Lipinski definition) is 4. The smallest absolute Gasteiger partial charge is 0.264 e. The maximum Gasteiger partial charge on any atom is 0.264 e. The zero-order valence-corrected chi connectivity index (χ0v) is 16.5. The van der Waals surface area contributed by atoms with E-state index < -0.39 is 0 Å². The summed E-state index contributed by atoms with van der Waals surface area (Å²) in [7, 11) is 0. The molecule has 0 atom stereocenters. The first kappa shape index (κ1) is 18.4. The number of benzene rings is 2. The molecule has 3 rings (SSSR count). The van der Waals surface area contributed by atoms with Crippen LogP contribution < -0.4 is 10.1 Å². The Morgan fingerprint density at radius 1 is 1.19 bits per heavy atom. The molecule has 0 radical (unpaired) electrons. The summed E-state index contributed by atoms with van der Waals surface area (Å²) in [6, 6.07) is 17.4. The maximum absolute atomic E-state index is 12.3. The lowest BCUT2D eigenvalue weighted by Gasteiger charge is -2.03. The van der Waals surface area contributed by atoms with Crippen molar-refractivity contribution in [3.05, 3.63) is 70.0 Å². The molecule has 1 N–H and O–H groups in total. The first-order valence-electron chi connectivity index (χ1n) is 8.08. The van der Waals surface area contributed by atoms with Gasteiger partial charge < -0.3 is 4.74 Å². The van der Waals surface area contributed by atoms with E-state index in [9.17, 15) is 4.79 Å². The molecule has 132 valence electrons. The molecule has 0 aliphatic carbocycles. The summed E-state index contributed by atoms with van der Waals surface area (Å²) in [5.41, 5.74) is 2.74. The molecule has 0 spiro atoms. The van der Waals surface area contributed by atoms with Crippen molar-refractivity contribution in [3.8, 4) is 17.0 Å². The minimum atomic E-state index is -0.235. The molecule has 6 heteroatoms. The van der Waals surface area contributed by atoms with Crippen molar-refractivity contribution >= 4 is 44.4 Å². The number of halogens is 1. The average Bonchev–Trinajstić information content (AvgIpc) is 3.12. The summed E-state index contributed by atoms with van der Waals surface area (Å²) in [4.78, 5) is 16.8. The number of hydrogen-bond donors (Lipinski definition) is 1. The second kappa shape index (κ2) is 8.78. The van der Waals surface area contributed by atoms with Crippen LogP contribution in [0.25, 0.3) is 17.3 Å². The van der Waals surface area contributed by atoms with Crippen molar-refractivity contribution in [1.29, 1.82) is 0 Å². The van der Waals surface area contributed by atoms with Gasteiger partial charge >= 0.3 is 0 Å². The number of carbonyl (C=O) groups is 1. The maximum atomic E-state index is 12.3. The lowest BCUT2D eigenvalue weighted by molar-refractivity contribution is -0.112. The van der Waals surface area contributed by atoms with E-state index in [0.717, 1.165) is 22.6 Å².